The predicted molar refractivity (Wildman–Crippen MR) is 77.6 cm³/mol. The number of fused-ring (bicyclic) bond motifs is 5. The van der Waals surface area contributed by atoms with E-state index in [-0.39, 0.29) is 23.7 Å². The van der Waals surface area contributed by atoms with Gasteiger partial charge in [-0.25, -0.2) is 0 Å². The van der Waals surface area contributed by atoms with E-state index >= 15 is 0 Å². The first-order valence-corrected chi connectivity index (χ1v) is 7.45. The van der Waals surface area contributed by atoms with Crippen molar-refractivity contribution in [2.45, 2.75) is 18.8 Å². The zero-order chi connectivity index (χ0) is 14.6. The summed E-state index contributed by atoms with van der Waals surface area (Å²) in [6.07, 6.45) is 5.03. The molecule has 1 aromatic carbocycles. The van der Waals surface area contributed by atoms with Gasteiger partial charge >= 0.3 is 5.97 Å². The predicted octanol–water partition coefficient (Wildman–Crippen LogP) is 2.26. The van der Waals surface area contributed by atoms with Crippen LogP contribution in [0.4, 0.5) is 5.69 Å². The van der Waals surface area contributed by atoms with Crippen molar-refractivity contribution in [3.8, 4) is 0 Å². The van der Waals surface area contributed by atoms with Crippen LogP contribution >= 0.6 is 0 Å². The highest BCUT2D eigenvalue weighted by molar-refractivity contribution is 6.10. The lowest BCUT2D eigenvalue weighted by Gasteiger charge is -2.35. The number of amides is 1. The third-order valence-corrected chi connectivity index (χ3v) is 5.16. The van der Waals surface area contributed by atoms with Gasteiger partial charge in [-0.2, -0.15) is 0 Å². The Morgan fingerprint density at radius 1 is 1.38 bits per heavy atom. The number of nitrogens with one attached hydrogen (secondary N) is 1. The number of carbonyl (C=O) groups excluding carboxylic acids is 2. The molecule has 4 atom stereocenters. The molecule has 1 spiro atoms. The molecule has 3 aliphatic rings. The van der Waals surface area contributed by atoms with Gasteiger partial charge in [0.1, 0.15) is 0 Å². The minimum Gasteiger partial charge on any atom is -0.466 e. The molecule has 0 unspecified atom stereocenters. The average Bonchev–Trinajstić information content (AvgIpc) is 3.13. The highest BCUT2D eigenvalue weighted by Crippen LogP contribution is 2.61. The van der Waals surface area contributed by atoms with Crippen LogP contribution in [0.1, 0.15) is 18.9 Å². The van der Waals surface area contributed by atoms with Gasteiger partial charge in [0.2, 0.25) is 5.91 Å². The van der Waals surface area contributed by atoms with E-state index < -0.39 is 11.3 Å². The maximum Gasteiger partial charge on any atom is 0.310 e. The van der Waals surface area contributed by atoms with Crippen molar-refractivity contribution >= 4 is 17.6 Å². The van der Waals surface area contributed by atoms with Crippen LogP contribution in [0.25, 0.3) is 0 Å². The SMILES string of the molecule is CCOC(=O)[C@@H]1[C@@H]2C=C[C@@H](C2)[C@@]12C(=O)Nc1ccccc12. The molecule has 1 aromatic rings. The number of para-hydroxylation sites is 1. The Labute approximate surface area is 123 Å². The summed E-state index contributed by atoms with van der Waals surface area (Å²) in [5, 5.41) is 2.96. The Morgan fingerprint density at radius 2 is 2.19 bits per heavy atom. The molecule has 4 rings (SSSR count). The summed E-state index contributed by atoms with van der Waals surface area (Å²) in [6, 6.07) is 7.70. The second kappa shape index (κ2) is 4.20. The van der Waals surface area contributed by atoms with Gasteiger partial charge in [0, 0.05) is 5.69 Å². The molecule has 1 fully saturated rings. The van der Waals surface area contributed by atoms with Crippen LogP contribution in [0, 0.1) is 17.8 Å². The van der Waals surface area contributed by atoms with Gasteiger partial charge in [-0.05, 0) is 36.8 Å². The summed E-state index contributed by atoms with van der Waals surface area (Å²) >= 11 is 0. The number of benzene rings is 1. The fourth-order valence-corrected chi connectivity index (χ4v) is 4.45. The fraction of sp³-hybridized carbons (Fsp3) is 0.412. The minimum absolute atomic E-state index is 0.0568. The van der Waals surface area contributed by atoms with Gasteiger partial charge < -0.3 is 10.1 Å². The lowest BCUT2D eigenvalue weighted by Crippen LogP contribution is -2.48. The van der Waals surface area contributed by atoms with Crippen LogP contribution < -0.4 is 5.32 Å². The highest BCUT2D eigenvalue weighted by atomic mass is 16.5. The van der Waals surface area contributed by atoms with E-state index in [0.717, 1.165) is 17.7 Å². The molecule has 0 aromatic heterocycles. The number of carbonyl (C=O) groups is 2. The van der Waals surface area contributed by atoms with E-state index in [0.29, 0.717) is 6.61 Å². The Balaban J connectivity index is 1.90. The number of rotatable bonds is 2. The number of hydrogen-bond acceptors (Lipinski definition) is 3. The molecular weight excluding hydrogens is 266 g/mol. The van der Waals surface area contributed by atoms with Crippen molar-refractivity contribution in [1.29, 1.82) is 0 Å². The van der Waals surface area contributed by atoms with E-state index in [2.05, 4.69) is 17.5 Å². The third kappa shape index (κ3) is 1.40. The molecule has 21 heavy (non-hydrogen) atoms. The topological polar surface area (TPSA) is 55.4 Å². The first-order valence-electron chi connectivity index (χ1n) is 7.45. The first kappa shape index (κ1) is 12.6. The number of allylic oxidation sites excluding steroid dienone is 2. The minimum atomic E-state index is -0.776. The lowest BCUT2D eigenvalue weighted by molar-refractivity contribution is -0.153. The van der Waals surface area contributed by atoms with Crippen LogP contribution in [0.5, 0.6) is 0 Å². The van der Waals surface area contributed by atoms with Crippen molar-refractivity contribution in [1.82, 2.24) is 0 Å². The molecule has 0 radical (unpaired) electrons. The quantitative estimate of drug-likeness (QED) is 0.669. The van der Waals surface area contributed by atoms with Crippen LogP contribution in [0.3, 0.4) is 0 Å². The Hall–Kier alpha value is -2.10. The molecule has 108 valence electrons. The van der Waals surface area contributed by atoms with Gasteiger partial charge in [0.15, 0.2) is 0 Å². The van der Waals surface area contributed by atoms with Crippen molar-refractivity contribution in [3.63, 3.8) is 0 Å². The summed E-state index contributed by atoms with van der Waals surface area (Å²) in [4.78, 5) is 25.3. The monoisotopic (exact) mass is 283 g/mol. The van der Waals surface area contributed by atoms with Gasteiger partial charge in [-0.3, -0.25) is 9.59 Å². The van der Waals surface area contributed by atoms with E-state index in [1.807, 2.05) is 24.3 Å². The Morgan fingerprint density at radius 3 is 3.00 bits per heavy atom. The largest absolute Gasteiger partial charge is 0.466 e. The number of hydrogen-bond donors (Lipinski definition) is 1. The molecule has 0 saturated heterocycles. The summed E-state index contributed by atoms with van der Waals surface area (Å²) in [6.45, 7) is 2.14. The molecule has 2 aliphatic carbocycles. The first-order chi connectivity index (χ1) is 10.2. The summed E-state index contributed by atoms with van der Waals surface area (Å²) in [5.41, 5.74) is 1.00. The number of ether oxygens (including phenoxy) is 1. The van der Waals surface area contributed by atoms with Crippen molar-refractivity contribution in [3.05, 3.63) is 42.0 Å². The molecule has 1 N–H and O–H groups in total. The average molecular weight is 283 g/mol. The van der Waals surface area contributed by atoms with E-state index in [1.54, 1.807) is 6.92 Å². The van der Waals surface area contributed by atoms with Crippen LogP contribution in [0.2, 0.25) is 0 Å². The second-order valence-electron chi connectivity index (χ2n) is 5.99. The van der Waals surface area contributed by atoms with E-state index in [9.17, 15) is 9.59 Å². The zero-order valence-electron chi connectivity index (χ0n) is 11.8. The number of esters is 1. The van der Waals surface area contributed by atoms with Gasteiger partial charge in [-0.1, -0.05) is 30.4 Å². The summed E-state index contributed by atoms with van der Waals surface area (Å²) in [7, 11) is 0. The zero-order valence-corrected chi connectivity index (χ0v) is 11.8. The molecule has 1 aliphatic heterocycles. The van der Waals surface area contributed by atoms with Gasteiger partial charge in [0.05, 0.1) is 17.9 Å². The molecule has 4 heteroatoms. The molecule has 1 amide bonds. The smallest absolute Gasteiger partial charge is 0.310 e. The van der Waals surface area contributed by atoms with Gasteiger partial charge in [0.25, 0.3) is 0 Å². The molecule has 4 nitrogen and oxygen atoms in total. The molecule has 2 bridgehead atoms. The van der Waals surface area contributed by atoms with Crippen LogP contribution in [-0.2, 0) is 19.7 Å². The maximum absolute atomic E-state index is 12.8. The van der Waals surface area contributed by atoms with Crippen molar-refractivity contribution in [2.75, 3.05) is 11.9 Å². The highest BCUT2D eigenvalue weighted by Gasteiger charge is 2.67. The maximum atomic E-state index is 12.8. The molecule has 1 heterocycles. The van der Waals surface area contributed by atoms with Crippen LogP contribution in [-0.4, -0.2) is 18.5 Å². The van der Waals surface area contributed by atoms with Crippen LogP contribution in [0.15, 0.2) is 36.4 Å². The standard InChI is InChI=1S/C17H17NO3/c1-2-21-15(19)14-10-7-8-11(9-10)17(14)12-5-3-4-6-13(12)18-16(17)20/h3-8,10-11,14H,2,9H2,1H3,(H,18,20)/t10-,11+,14+,17+/m1/s1. The summed E-state index contributed by atoms with van der Waals surface area (Å²) in [5.74, 6) is -0.526. The van der Waals surface area contributed by atoms with Gasteiger partial charge in [-0.15, -0.1) is 0 Å². The number of anilines is 1. The molecular formula is C17H17NO3. The Kier molecular flexibility index (Phi) is 2.52. The normalized spacial score (nSPS) is 35.1. The second-order valence-corrected chi connectivity index (χ2v) is 5.99. The Bertz CT molecular complexity index is 666. The van der Waals surface area contributed by atoms with Crippen molar-refractivity contribution < 1.29 is 14.3 Å². The molecule has 1 saturated carbocycles. The third-order valence-electron chi connectivity index (χ3n) is 5.16. The fourth-order valence-electron chi connectivity index (χ4n) is 4.45. The summed E-state index contributed by atoms with van der Waals surface area (Å²) < 4.78 is 5.28. The van der Waals surface area contributed by atoms with E-state index in [4.69, 9.17) is 4.74 Å². The lowest BCUT2D eigenvalue weighted by atomic mass is 9.65. The van der Waals surface area contributed by atoms with Crippen molar-refractivity contribution in [2.24, 2.45) is 17.8 Å². The van der Waals surface area contributed by atoms with E-state index in [1.165, 1.54) is 0 Å².